The molecule has 10 nitrogen and oxygen atoms in total. The molecule has 3 heterocycles. The van der Waals surface area contributed by atoms with Crippen molar-refractivity contribution in [2.75, 3.05) is 31.4 Å². The van der Waals surface area contributed by atoms with Gasteiger partial charge in [0.05, 0.1) is 19.1 Å². The molecule has 0 saturated carbocycles. The maximum atomic E-state index is 12.6. The van der Waals surface area contributed by atoms with Crippen LogP contribution >= 0.6 is 11.8 Å². The van der Waals surface area contributed by atoms with E-state index in [1.807, 2.05) is 18.2 Å². The molecule has 2 aromatic heterocycles. The minimum absolute atomic E-state index is 0.0473. The van der Waals surface area contributed by atoms with Crippen LogP contribution in [0.2, 0.25) is 0 Å². The third kappa shape index (κ3) is 4.22. The number of methoxy groups -OCH3 is 1. The summed E-state index contributed by atoms with van der Waals surface area (Å²) in [5.74, 6) is 1.63. The summed E-state index contributed by atoms with van der Waals surface area (Å²) in [6.45, 7) is 0.966. The second-order valence-electron chi connectivity index (χ2n) is 7.03. The predicted octanol–water partition coefficient (Wildman–Crippen LogP) is 2.62. The maximum Gasteiger partial charge on any atom is 0.262 e. The number of benzene rings is 2. The molecule has 11 heteroatoms. The van der Waals surface area contributed by atoms with Crippen LogP contribution < -0.4 is 25.1 Å². The Kier molecular flexibility index (Phi) is 5.61. The summed E-state index contributed by atoms with van der Waals surface area (Å²) in [6, 6.07) is 12.5. The summed E-state index contributed by atoms with van der Waals surface area (Å²) < 4.78 is 18.0. The average Bonchev–Trinajstić information content (AvgIpc) is 3.27. The summed E-state index contributed by atoms with van der Waals surface area (Å²) >= 11 is 1.12. The summed E-state index contributed by atoms with van der Waals surface area (Å²) in [5, 5.41) is 7.76. The highest BCUT2D eigenvalue weighted by atomic mass is 32.2. The van der Waals surface area contributed by atoms with E-state index in [4.69, 9.17) is 14.2 Å². The summed E-state index contributed by atoms with van der Waals surface area (Å²) in [5.41, 5.74) is 1.28. The molecule has 2 N–H and O–H groups in total. The number of aromatic nitrogens is 4. The van der Waals surface area contributed by atoms with E-state index in [0.717, 1.165) is 11.8 Å². The molecule has 168 valence electrons. The molecule has 1 aliphatic rings. The number of fused-ring (bicyclic) bond motifs is 2. The van der Waals surface area contributed by atoms with Gasteiger partial charge < -0.3 is 24.5 Å². The normalized spacial score (nSPS) is 12.5. The van der Waals surface area contributed by atoms with Crippen LogP contribution in [0.1, 0.15) is 0 Å². The first-order valence-electron chi connectivity index (χ1n) is 10.1. The van der Waals surface area contributed by atoms with Crippen molar-refractivity contribution < 1.29 is 19.0 Å². The van der Waals surface area contributed by atoms with Gasteiger partial charge in [0, 0.05) is 11.8 Å². The van der Waals surface area contributed by atoms with Gasteiger partial charge in [-0.05, 0) is 24.3 Å². The predicted molar refractivity (Wildman–Crippen MR) is 123 cm³/mol. The summed E-state index contributed by atoms with van der Waals surface area (Å²) in [7, 11) is 1.56. The van der Waals surface area contributed by atoms with Gasteiger partial charge in [-0.15, -0.1) is 0 Å². The molecule has 0 aliphatic carbocycles. The van der Waals surface area contributed by atoms with Crippen LogP contribution in [0.4, 0.5) is 5.69 Å². The zero-order valence-electron chi connectivity index (χ0n) is 17.5. The Morgan fingerprint density at radius 2 is 2.03 bits per heavy atom. The molecule has 0 radical (unpaired) electrons. The van der Waals surface area contributed by atoms with Gasteiger partial charge in [-0.2, -0.15) is 5.10 Å². The Bertz CT molecular complexity index is 1400. The van der Waals surface area contributed by atoms with E-state index in [9.17, 15) is 9.59 Å². The van der Waals surface area contributed by atoms with E-state index < -0.39 is 0 Å². The van der Waals surface area contributed by atoms with Crippen molar-refractivity contribution in [2.45, 2.75) is 5.16 Å². The largest absolute Gasteiger partial charge is 0.494 e. The van der Waals surface area contributed by atoms with Gasteiger partial charge in [0.2, 0.25) is 5.91 Å². The molecule has 4 aromatic rings. The van der Waals surface area contributed by atoms with Gasteiger partial charge in [-0.1, -0.05) is 23.9 Å². The second kappa shape index (κ2) is 8.87. The zero-order chi connectivity index (χ0) is 22.8. The van der Waals surface area contributed by atoms with E-state index >= 15 is 0 Å². The highest BCUT2D eigenvalue weighted by molar-refractivity contribution is 7.99. The second-order valence-corrected chi connectivity index (χ2v) is 8.00. The Labute approximate surface area is 191 Å². The first-order valence-corrected chi connectivity index (χ1v) is 11.0. The summed E-state index contributed by atoms with van der Waals surface area (Å²) in [6.07, 6.45) is 1.45. The lowest BCUT2D eigenvalue weighted by Crippen LogP contribution is -2.17. The standard InChI is InChI=1S/C22H19N5O5S/c1-30-16-5-3-2-4-15(16)27-20-14(11-23-27)21(29)26-22(25-20)33-12-19(28)24-13-6-7-17-18(10-13)32-9-8-31-17/h2-7,10-11H,8-9,12H2,1H3,(H,24,28)(H,25,26,29). The minimum atomic E-state index is -0.337. The van der Waals surface area contributed by atoms with Crippen molar-refractivity contribution in [3.8, 4) is 22.9 Å². The fourth-order valence-corrected chi connectivity index (χ4v) is 4.06. The number of nitrogens with one attached hydrogen (secondary N) is 2. The SMILES string of the molecule is COc1ccccc1-n1ncc2c(=O)[nH]c(SCC(=O)Nc3ccc4c(c3)OCCO4)nc21. The van der Waals surface area contributed by atoms with Crippen LogP contribution in [0.15, 0.2) is 58.6 Å². The highest BCUT2D eigenvalue weighted by Gasteiger charge is 2.16. The van der Waals surface area contributed by atoms with Gasteiger partial charge in [0.25, 0.3) is 5.56 Å². The smallest absolute Gasteiger partial charge is 0.262 e. The van der Waals surface area contributed by atoms with E-state index in [1.165, 1.54) is 6.20 Å². The first kappa shape index (κ1) is 20.9. The number of para-hydroxylation sites is 2. The molecule has 0 atom stereocenters. The monoisotopic (exact) mass is 465 g/mol. The minimum Gasteiger partial charge on any atom is -0.494 e. The molecule has 2 aromatic carbocycles. The molecule has 0 saturated heterocycles. The Morgan fingerprint density at radius 3 is 2.88 bits per heavy atom. The number of anilines is 1. The number of ether oxygens (including phenoxy) is 3. The molecule has 0 bridgehead atoms. The quantitative estimate of drug-likeness (QED) is 0.329. The Morgan fingerprint density at radius 1 is 1.21 bits per heavy atom. The van der Waals surface area contributed by atoms with Crippen molar-refractivity contribution in [1.29, 1.82) is 0 Å². The molecule has 5 rings (SSSR count). The topological polar surface area (TPSA) is 120 Å². The van der Waals surface area contributed by atoms with E-state index in [-0.39, 0.29) is 17.2 Å². The van der Waals surface area contributed by atoms with Gasteiger partial charge in [0.15, 0.2) is 22.3 Å². The number of rotatable bonds is 6. The maximum absolute atomic E-state index is 12.6. The molecule has 0 unspecified atom stereocenters. The Hall–Kier alpha value is -3.99. The van der Waals surface area contributed by atoms with Crippen molar-refractivity contribution >= 4 is 34.4 Å². The molecule has 0 spiro atoms. The Balaban J connectivity index is 1.34. The van der Waals surface area contributed by atoms with E-state index in [0.29, 0.717) is 58.0 Å². The molecular formula is C22H19N5O5S. The van der Waals surface area contributed by atoms with Gasteiger partial charge in [0.1, 0.15) is 30.0 Å². The number of aromatic amines is 1. The lowest BCUT2D eigenvalue weighted by molar-refractivity contribution is -0.113. The lowest BCUT2D eigenvalue weighted by atomic mass is 10.2. The number of amides is 1. The number of carbonyl (C=O) groups is 1. The fraction of sp³-hybridized carbons (Fsp3) is 0.182. The summed E-state index contributed by atoms with van der Waals surface area (Å²) in [4.78, 5) is 32.2. The van der Waals surface area contributed by atoms with Crippen molar-refractivity contribution in [3.05, 3.63) is 59.0 Å². The number of nitrogens with zero attached hydrogens (tertiary/aromatic N) is 3. The molecular weight excluding hydrogens is 446 g/mol. The van der Waals surface area contributed by atoms with Crippen molar-refractivity contribution in [3.63, 3.8) is 0 Å². The lowest BCUT2D eigenvalue weighted by Gasteiger charge is -2.18. The van der Waals surface area contributed by atoms with Crippen LogP contribution in [0.25, 0.3) is 16.7 Å². The van der Waals surface area contributed by atoms with Crippen LogP contribution in [0.3, 0.4) is 0 Å². The number of H-pyrrole nitrogens is 1. The molecule has 1 amide bonds. The molecule has 0 fully saturated rings. The van der Waals surface area contributed by atoms with Crippen molar-refractivity contribution in [1.82, 2.24) is 19.7 Å². The number of thioether (sulfide) groups is 1. The number of hydrogen-bond donors (Lipinski definition) is 2. The average molecular weight is 465 g/mol. The van der Waals surface area contributed by atoms with Crippen molar-refractivity contribution in [2.24, 2.45) is 0 Å². The number of carbonyl (C=O) groups excluding carboxylic acids is 1. The van der Waals surface area contributed by atoms with Gasteiger partial charge >= 0.3 is 0 Å². The molecule has 33 heavy (non-hydrogen) atoms. The van der Waals surface area contributed by atoms with Crippen LogP contribution in [-0.4, -0.2) is 51.7 Å². The third-order valence-corrected chi connectivity index (χ3v) is 5.77. The van der Waals surface area contributed by atoms with Gasteiger partial charge in [-0.3, -0.25) is 9.59 Å². The van der Waals surface area contributed by atoms with Crippen LogP contribution in [0, 0.1) is 0 Å². The van der Waals surface area contributed by atoms with Gasteiger partial charge in [-0.25, -0.2) is 9.67 Å². The van der Waals surface area contributed by atoms with E-state index in [2.05, 4.69) is 20.4 Å². The highest BCUT2D eigenvalue weighted by Crippen LogP contribution is 2.32. The first-order chi connectivity index (χ1) is 16.1. The fourth-order valence-electron chi connectivity index (χ4n) is 3.40. The van der Waals surface area contributed by atoms with Crippen LogP contribution in [-0.2, 0) is 4.79 Å². The van der Waals surface area contributed by atoms with E-state index in [1.54, 1.807) is 36.1 Å². The third-order valence-electron chi connectivity index (χ3n) is 4.90. The number of hydrogen-bond acceptors (Lipinski definition) is 8. The molecule has 1 aliphatic heterocycles. The van der Waals surface area contributed by atoms with Crippen LogP contribution in [0.5, 0.6) is 17.2 Å². The zero-order valence-corrected chi connectivity index (χ0v) is 18.3.